The summed E-state index contributed by atoms with van der Waals surface area (Å²) < 4.78 is 50.4. The van der Waals surface area contributed by atoms with Crippen molar-refractivity contribution in [2.24, 2.45) is 0 Å². The lowest BCUT2D eigenvalue weighted by Crippen LogP contribution is -2.48. The van der Waals surface area contributed by atoms with E-state index in [4.69, 9.17) is 16.3 Å². The first-order chi connectivity index (χ1) is 14.8. The van der Waals surface area contributed by atoms with Crippen LogP contribution in [0.5, 0.6) is 0 Å². The Hall–Kier alpha value is -1.87. The number of halogens is 4. The summed E-state index contributed by atoms with van der Waals surface area (Å²) in [5.74, 6) is -3.33. The van der Waals surface area contributed by atoms with Gasteiger partial charge in [-0.05, 0) is 38.0 Å². The molecule has 0 amide bonds. The summed E-state index contributed by atoms with van der Waals surface area (Å²) in [6.07, 6.45) is 3.09. The van der Waals surface area contributed by atoms with Crippen LogP contribution in [0.4, 0.5) is 13.2 Å². The fourth-order valence-electron chi connectivity index (χ4n) is 4.44. The molecule has 1 spiro atoms. The van der Waals surface area contributed by atoms with Crippen LogP contribution in [-0.2, 0) is 22.8 Å². The van der Waals surface area contributed by atoms with Crippen LogP contribution in [0.15, 0.2) is 36.5 Å². The third-order valence-electron chi connectivity index (χ3n) is 6.20. The van der Waals surface area contributed by atoms with Gasteiger partial charge >= 0.3 is 0 Å². The number of hydrogen-bond acceptors (Lipinski definition) is 4. The fourth-order valence-corrected chi connectivity index (χ4v) is 5.92. The van der Waals surface area contributed by atoms with Crippen molar-refractivity contribution in [3.05, 3.63) is 68.4 Å². The van der Waals surface area contributed by atoms with Gasteiger partial charge in [-0.3, -0.25) is 4.90 Å². The molecule has 3 aromatic rings. The molecule has 4 heterocycles. The van der Waals surface area contributed by atoms with Gasteiger partial charge in [0.05, 0.1) is 10.0 Å². The Bertz CT molecular complexity index is 1120. The van der Waals surface area contributed by atoms with Crippen molar-refractivity contribution >= 4 is 22.9 Å². The summed E-state index contributed by atoms with van der Waals surface area (Å²) in [5.41, 5.74) is 1.58. The fraction of sp³-hybridized carbons (Fsp3) is 0.409. The van der Waals surface area contributed by atoms with E-state index in [1.807, 2.05) is 13.1 Å². The third kappa shape index (κ3) is 3.69. The van der Waals surface area contributed by atoms with E-state index in [9.17, 15) is 13.2 Å². The Morgan fingerprint density at radius 2 is 1.97 bits per heavy atom. The molecule has 2 aliphatic heterocycles. The average Bonchev–Trinajstić information content (AvgIpc) is 3.31. The molecule has 4 nitrogen and oxygen atoms in total. The minimum atomic E-state index is -3.00. The molecular formula is C22H21ClF3N3OS. The molecule has 0 saturated carbocycles. The quantitative estimate of drug-likeness (QED) is 0.498. The lowest BCUT2D eigenvalue weighted by atomic mass is 9.84. The Kier molecular flexibility index (Phi) is 5.16. The van der Waals surface area contributed by atoms with E-state index in [1.165, 1.54) is 23.5 Å². The van der Waals surface area contributed by atoms with E-state index < -0.39 is 18.1 Å². The average molecular weight is 468 g/mol. The smallest absolute Gasteiger partial charge is 0.297 e. The zero-order chi connectivity index (χ0) is 21.8. The summed E-state index contributed by atoms with van der Waals surface area (Å²) in [6.45, 7) is 3.35. The molecule has 2 aromatic heterocycles. The normalized spacial score (nSPS) is 20.2. The van der Waals surface area contributed by atoms with Gasteiger partial charge in [-0.15, -0.1) is 11.3 Å². The van der Waals surface area contributed by atoms with E-state index in [0.29, 0.717) is 47.4 Å². The van der Waals surface area contributed by atoms with Crippen molar-refractivity contribution in [2.75, 3.05) is 19.7 Å². The Morgan fingerprint density at radius 3 is 2.71 bits per heavy atom. The number of thiophene rings is 1. The lowest BCUT2D eigenvalue weighted by Gasteiger charge is -2.45. The molecule has 1 fully saturated rings. The summed E-state index contributed by atoms with van der Waals surface area (Å²) >= 11 is 7.28. The molecule has 0 bridgehead atoms. The maximum atomic E-state index is 14.3. The minimum absolute atomic E-state index is 0.0178. The van der Waals surface area contributed by atoms with Crippen LogP contribution in [0.2, 0.25) is 4.34 Å². The van der Waals surface area contributed by atoms with Crippen LogP contribution in [0.25, 0.3) is 5.69 Å². The lowest BCUT2D eigenvalue weighted by molar-refractivity contribution is -0.182. The summed E-state index contributed by atoms with van der Waals surface area (Å²) in [4.78, 5) is 2.82. The Balaban J connectivity index is 1.32. The number of alkyl halides is 2. The summed E-state index contributed by atoms with van der Waals surface area (Å²) in [5, 5.41) is 4.47. The van der Waals surface area contributed by atoms with Crippen molar-refractivity contribution in [2.45, 2.75) is 37.8 Å². The van der Waals surface area contributed by atoms with Crippen LogP contribution in [0, 0.1) is 12.7 Å². The maximum absolute atomic E-state index is 14.3. The van der Waals surface area contributed by atoms with Crippen LogP contribution < -0.4 is 0 Å². The second-order valence-corrected chi connectivity index (χ2v) is 9.88. The molecule has 0 radical (unpaired) electrons. The van der Waals surface area contributed by atoms with Crippen molar-refractivity contribution in [3.63, 3.8) is 0 Å². The van der Waals surface area contributed by atoms with Gasteiger partial charge < -0.3 is 4.74 Å². The first-order valence-electron chi connectivity index (χ1n) is 10.1. The molecule has 2 aliphatic rings. The SMILES string of the molecule is Cc1nn(-c2ccccc2F)cc1CN1CCC2(CC1)OCC(F)(F)c1cc(Cl)sc12. The number of benzene rings is 1. The van der Waals surface area contributed by atoms with E-state index in [-0.39, 0.29) is 11.4 Å². The number of ether oxygens (including phenoxy) is 1. The number of rotatable bonds is 3. The van der Waals surface area contributed by atoms with Gasteiger partial charge in [0.2, 0.25) is 0 Å². The second kappa shape index (κ2) is 7.62. The Labute approximate surface area is 187 Å². The number of aromatic nitrogens is 2. The molecule has 1 saturated heterocycles. The number of fused-ring (bicyclic) bond motifs is 2. The third-order valence-corrected chi connectivity index (χ3v) is 7.65. The highest BCUT2D eigenvalue weighted by molar-refractivity contribution is 7.16. The molecule has 9 heteroatoms. The number of nitrogens with zero attached hydrogens (tertiary/aromatic N) is 3. The van der Waals surface area contributed by atoms with Gasteiger partial charge in [-0.1, -0.05) is 23.7 Å². The van der Waals surface area contributed by atoms with Gasteiger partial charge in [0.15, 0.2) is 0 Å². The molecule has 164 valence electrons. The van der Waals surface area contributed by atoms with Gasteiger partial charge in [0.25, 0.3) is 5.92 Å². The first-order valence-corrected chi connectivity index (χ1v) is 11.3. The maximum Gasteiger partial charge on any atom is 0.297 e. The topological polar surface area (TPSA) is 30.3 Å². The monoisotopic (exact) mass is 467 g/mol. The number of hydrogen-bond donors (Lipinski definition) is 0. The first kappa shape index (κ1) is 21.0. The van der Waals surface area contributed by atoms with E-state index >= 15 is 0 Å². The number of aryl methyl sites for hydroxylation is 1. The van der Waals surface area contributed by atoms with Gasteiger partial charge in [-0.25, -0.2) is 9.07 Å². The molecular weight excluding hydrogens is 447 g/mol. The standard InChI is InChI=1S/C22H21ClF3N3OS/c1-14-15(12-29(27-14)18-5-3-2-4-17(18)24)11-28-8-6-21(7-9-28)20-16(10-19(23)31-20)22(25,26)13-30-21/h2-5,10,12H,6-9,11,13H2,1H3. The zero-order valence-corrected chi connectivity index (χ0v) is 18.4. The van der Waals surface area contributed by atoms with E-state index in [2.05, 4.69) is 10.00 Å². The van der Waals surface area contributed by atoms with Crippen molar-refractivity contribution in [3.8, 4) is 5.69 Å². The van der Waals surface area contributed by atoms with Crippen molar-refractivity contribution in [1.82, 2.24) is 14.7 Å². The van der Waals surface area contributed by atoms with Gasteiger partial charge in [0, 0.05) is 41.8 Å². The molecule has 0 atom stereocenters. The highest BCUT2D eigenvalue weighted by Gasteiger charge is 2.51. The van der Waals surface area contributed by atoms with E-state index in [1.54, 1.807) is 22.9 Å². The largest absolute Gasteiger partial charge is 0.363 e. The van der Waals surface area contributed by atoms with Crippen LogP contribution in [0.3, 0.4) is 0 Å². The van der Waals surface area contributed by atoms with Gasteiger partial charge in [0.1, 0.15) is 23.7 Å². The second-order valence-electron chi connectivity index (χ2n) is 8.19. The van der Waals surface area contributed by atoms with Crippen molar-refractivity contribution in [1.29, 1.82) is 0 Å². The number of likely N-dealkylation sites (tertiary alicyclic amines) is 1. The number of para-hydroxylation sites is 1. The van der Waals surface area contributed by atoms with Crippen molar-refractivity contribution < 1.29 is 17.9 Å². The molecule has 31 heavy (non-hydrogen) atoms. The van der Waals surface area contributed by atoms with Gasteiger partial charge in [-0.2, -0.15) is 13.9 Å². The molecule has 0 N–H and O–H groups in total. The van der Waals surface area contributed by atoms with Crippen LogP contribution >= 0.6 is 22.9 Å². The minimum Gasteiger partial charge on any atom is -0.363 e. The highest BCUT2D eigenvalue weighted by Crippen LogP contribution is 2.52. The Morgan fingerprint density at radius 1 is 1.23 bits per heavy atom. The summed E-state index contributed by atoms with van der Waals surface area (Å²) in [7, 11) is 0. The molecule has 0 aliphatic carbocycles. The molecule has 5 rings (SSSR count). The predicted octanol–water partition coefficient (Wildman–Crippen LogP) is 5.65. The highest BCUT2D eigenvalue weighted by atomic mass is 35.5. The molecule has 0 unspecified atom stereocenters. The number of piperidine rings is 1. The van der Waals surface area contributed by atoms with Crippen LogP contribution in [-0.4, -0.2) is 34.4 Å². The van der Waals surface area contributed by atoms with E-state index in [0.717, 1.165) is 11.3 Å². The van der Waals surface area contributed by atoms with Crippen LogP contribution in [0.1, 0.15) is 34.5 Å². The zero-order valence-electron chi connectivity index (χ0n) is 16.9. The summed E-state index contributed by atoms with van der Waals surface area (Å²) in [6, 6.07) is 7.91. The predicted molar refractivity (Wildman–Crippen MR) is 114 cm³/mol. The molecule has 1 aromatic carbocycles.